The second-order valence-corrected chi connectivity index (χ2v) is 4.89. The summed E-state index contributed by atoms with van der Waals surface area (Å²) in [5.74, 6) is 0.232. The highest BCUT2D eigenvalue weighted by atomic mass is 35.5. The van der Waals surface area contributed by atoms with Crippen LogP contribution in [-0.2, 0) is 5.75 Å². The summed E-state index contributed by atoms with van der Waals surface area (Å²) in [6.07, 6.45) is 3.24. The quantitative estimate of drug-likeness (QED) is 0.862. The molecule has 1 aromatic heterocycles. The number of benzene rings is 1. The molecule has 0 unspecified atom stereocenters. The van der Waals surface area contributed by atoms with Crippen LogP contribution in [0.2, 0.25) is 5.02 Å². The molecule has 0 saturated carbocycles. The molecule has 0 fully saturated rings. The standard InChI is InChI=1S/C12H10ClFN2S/c13-9-1-2-10(14)8(5-9)7-17-12-3-4-16-6-11(12)15/h1-6H,7,15H2. The van der Waals surface area contributed by atoms with E-state index in [2.05, 4.69) is 4.98 Å². The van der Waals surface area contributed by atoms with Crippen molar-refractivity contribution in [2.45, 2.75) is 10.6 Å². The second-order valence-electron chi connectivity index (χ2n) is 3.44. The lowest BCUT2D eigenvalue weighted by Crippen LogP contribution is -1.91. The molecule has 88 valence electrons. The van der Waals surface area contributed by atoms with Gasteiger partial charge in [-0.3, -0.25) is 4.98 Å². The molecule has 2 N–H and O–H groups in total. The summed E-state index contributed by atoms with van der Waals surface area (Å²) in [5.41, 5.74) is 6.91. The van der Waals surface area contributed by atoms with Gasteiger partial charge < -0.3 is 5.73 Å². The number of rotatable bonds is 3. The number of anilines is 1. The molecular weight excluding hydrogens is 259 g/mol. The lowest BCUT2D eigenvalue weighted by Gasteiger charge is -2.06. The summed E-state index contributed by atoms with van der Waals surface area (Å²) in [7, 11) is 0. The van der Waals surface area contributed by atoms with Crippen molar-refractivity contribution in [2.75, 3.05) is 5.73 Å². The van der Waals surface area contributed by atoms with Crippen molar-refractivity contribution in [3.8, 4) is 0 Å². The van der Waals surface area contributed by atoms with Crippen molar-refractivity contribution in [3.63, 3.8) is 0 Å². The van der Waals surface area contributed by atoms with Gasteiger partial charge in [0.05, 0.1) is 11.9 Å². The Bertz CT molecular complexity index is 534. The minimum Gasteiger partial charge on any atom is -0.397 e. The molecule has 0 atom stereocenters. The molecule has 5 heteroatoms. The van der Waals surface area contributed by atoms with Crippen LogP contribution in [0, 0.1) is 5.82 Å². The van der Waals surface area contributed by atoms with Gasteiger partial charge in [0.25, 0.3) is 0 Å². The third-order valence-electron chi connectivity index (χ3n) is 2.20. The van der Waals surface area contributed by atoms with Crippen LogP contribution < -0.4 is 5.73 Å². The monoisotopic (exact) mass is 268 g/mol. The number of pyridine rings is 1. The van der Waals surface area contributed by atoms with Crippen molar-refractivity contribution in [3.05, 3.63) is 53.1 Å². The van der Waals surface area contributed by atoms with Crippen LogP contribution in [0.1, 0.15) is 5.56 Å². The van der Waals surface area contributed by atoms with E-state index in [0.717, 1.165) is 4.90 Å². The Morgan fingerprint density at radius 2 is 2.18 bits per heavy atom. The molecule has 0 aliphatic rings. The van der Waals surface area contributed by atoms with Crippen LogP contribution in [0.5, 0.6) is 0 Å². The van der Waals surface area contributed by atoms with Crippen molar-refractivity contribution in [1.82, 2.24) is 4.98 Å². The van der Waals surface area contributed by atoms with Gasteiger partial charge in [-0.25, -0.2) is 4.39 Å². The van der Waals surface area contributed by atoms with E-state index >= 15 is 0 Å². The van der Waals surface area contributed by atoms with E-state index < -0.39 is 0 Å². The average Bonchev–Trinajstić information content (AvgIpc) is 2.32. The van der Waals surface area contributed by atoms with Crippen LogP contribution in [0.15, 0.2) is 41.6 Å². The summed E-state index contributed by atoms with van der Waals surface area (Å²) in [4.78, 5) is 4.79. The van der Waals surface area contributed by atoms with Gasteiger partial charge in [-0.1, -0.05) is 11.6 Å². The molecule has 0 spiro atoms. The molecule has 0 amide bonds. The van der Waals surface area contributed by atoms with Gasteiger partial charge in [-0.15, -0.1) is 11.8 Å². The zero-order valence-corrected chi connectivity index (χ0v) is 10.4. The van der Waals surface area contributed by atoms with E-state index in [0.29, 0.717) is 22.0 Å². The van der Waals surface area contributed by atoms with Gasteiger partial charge in [-0.05, 0) is 29.8 Å². The first-order valence-electron chi connectivity index (χ1n) is 4.93. The maximum Gasteiger partial charge on any atom is 0.127 e. The Morgan fingerprint density at radius 1 is 1.35 bits per heavy atom. The molecule has 1 heterocycles. The highest BCUT2D eigenvalue weighted by Crippen LogP contribution is 2.28. The fourth-order valence-electron chi connectivity index (χ4n) is 1.33. The number of hydrogen-bond donors (Lipinski definition) is 1. The molecule has 17 heavy (non-hydrogen) atoms. The summed E-state index contributed by atoms with van der Waals surface area (Å²) in [5, 5.41) is 0.532. The van der Waals surface area contributed by atoms with Gasteiger partial charge in [0.1, 0.15) is 5.82 Å². The molecule has 2 aromatic rings. The smallest absolute Gasteiger partial charge is 0.127 e. The summed E-state index contributed by atoms with van der Waals surface area (Å²) < 4.78 is 13.5. The van der Waals surface area contributed by atoms with Crippen molar-refractivity contribution in [1.29, 1.82) is 0 Å². The molecule has 1 aromatic carbocycles. The van der Waals surface area contributed by atoms with Crippen molar-refractivity contribution >= 4 is 29.1 Å². The Balaban J connectivity index is 2.12. The van der Waals surface area contributed by atoms with E-state index in [9.17, 15) is 4.39 Å². The number of nitrogen functional groups attached to an aromatic ring is 1. The van der Waals surface area contributed by atoms with Gasteiger partial charge >= 0.3 is 0 Å². The third kappa shape index (κ3) is 3.11. The molecule has 2 rings (SSSR count). The Hall–Kier alpha value is -1.26. The van der Waals surface area contributed by atoms with E-state index in [1.807, 2.05) is 6.07 Å². The van der Waals surface area contributed by atoms with Crippen LogP contribution in [-0.4, -0.2) is 4.98 Å². The minimum atomic E-state index is -0.255. The van der Waals surface area contributed by atoms with Crippen LogP contribution >= 0.6 is 23.4 Å². The molecule has 0 aliphatic carbocycles. The summed E-state index contributed by atoms with van der Waals surface area (Å²) >= 11 is 7.28. The predicted molar refractivity (Wildman–Crippen MR) is 69.6 cm³/mol. The van der Waals surface area contributed by atoms with Crippen LogP contribution in [0.3, 0.4) is 0 Å². The first-order chi connectivity index (χ1) is 8.16. The Morgan fingerprint density at radius 3 is 2.94 bits per heavy atom. The van der Waals surface area contributed by atoms with E-state index in [-0.39, 0.29) is 5.82 Å². The summed E-state index contributed by atoms with van der Waals surface area (Å²) in [6, 6.07) is 6.34. The maximum atomic E-state index is 13.5. The number of thioether (sulfide) groups is 1. The predicted octanol–water partition coefficient (Wildman–Crippen LogP) is 3.75. The first kappa shape index (κ1) is 12.2. The van der Waals surface area contributed by atoms with E-state index in [1.54, 1.807) is 18.5 Å². The third-order valence-corrected chi connectivity index (χ3v) is 3.57. The van der Waals surface area contributed by atoms with Gasteiger partial charge in [-0.2, -0.15) is 0 Å². The highest BCUT2D eigenvalue weighted by molar-refractivity contribution is 7.98. The molecular formula is C12H10ClFN2S. The van der Waals surface area contributed by atoms with Gasteiger partial charge in [0.2, 0.25) is 0 Å². The molecule has 0 aliphatic heterocycles. The summed E-state index contributed by atoms with van der Waals surface area (Å²) in [6.45, 7) is 0. The van der Waals surface area contributed by atoms with Crippen LogP contribution in [0.4, 0.5) is 10.1 Å². The SMILES string of the molecule is Nc1cnccc1SCc1cc(Cl)ccc1F. The first-order valence-corrected chi connectivity index (χ1v) is 6.29. The lowest BCUT2D eigenvalue weighted by atomic mass is 10.2. The zero-order valence-electron chi connectivity index (χ0n) is 8.86. The maximum absolute atomic E-state index is 13.5. The molecule has 2 nitrogen and oxygen atoms in total. The molecule has 0 radical (unpaired) electrons. The Labute approximate surface area is 108 Å². The normalized spacial score (nSPS) is 10.5. The molecule has 0 bridgehead atoms. The van der Waals surface area contributed by atoms with Crippen molar-refractivity contribution in [2.24, 2.45) is 0 Å². The number of nitrogens with zero attached hydrogens (tertiary/aromatic N) is 1. The second kappa shape index (κ2) is 5.38. The van der Waals surface area contributed by atoms with Crippen LogP contribution in [0.25, 0.3) is 0 Å². The fraction of sp³-hybridized carbons (Fsp3) is 0.0833. The van der Waals surface area contributed by atoms with E-state index in [1.165, 1.54) is 23.9 Å². The van der Waals surface area contributed by atoms with Gasteiger partial charge in [0, 0.05) is 21.9 Å². The number of halogens is 2. The number of nitrogens with two attached hydrogens (primary N) is 1. The zero-order chi connectivity index (χ0) is 12.3. The minimum absolute atomic E-state index is 0.255. The Kier molecular flexibility index (Phi) is 3.86. The number of hydrogen-bond acceptors (Lipinski definition) is 3. The van der Waals surface area contributed by atoms with Crippen molar-refractivity contribution < 1.29 is 4.39 Å². The van der Waals surface area contributed by atoms with E-state index in [4.69, 9.17) is 17.3 Å². The topological polar surface area (TPSA) is 38.9 Å². The molecule has 0 saturated heterocycles. The highest BCUT2D eigenvalue weighted by Gasteiger charge is 2.05. The number of aromatic nitrogens is 1. The fourth-order valence-corrected chi connectivity index (χ4v) is 2.44. The average molecular weight is 269 g/mol. The largest absolute Gasteiger partial charge is 0.397 e. The lowest BCUT2D eigenvalue weighted by molar-refractivity contribution is 0.617. The van der Waals surface area contributed by atoms with Gasteiger partial charge in [0.15, 0.2) is 0 Å².